The van der Waals surface area contributed by atoms with Crippen LogP contribution in [-0.4, -0.2) is 31.7 Å². The Balaban J connectivity index is 1.44. The first kappa shape index (κ1) is 23.1. The average molecular weight is 504 g/mol. The zero-order chi connectivity index (χ0) is 24.4. The number of sulfonamides is 1. The fraction of sp³-hybridized carbons (Fsp3) is 0.111. The minimum atomic E-state index is -4.08. The van der Waals surface area contributed by atoms with Crippen LogP contribution in [0.2, 0.25) is 5.02 Å². The van der Waals surface area contributed by atoms with Crippen molar-refractivity contribution in [3.8, 4) is 0 Å². The Kier molecular flexibility index (Phi) is 6.28. The van der Waals surface area contributed by atoms with Gasteiger partial charge in [0.15, 0.2) is 0 Å². The molecule has 1 heterocycles. The highest BCUT2D eigenvalue weighted by molar-refractivity contribution is 7.90. The van der Waals surface area contributed by atoms with Gasteiger partial charge >= 0.3 is 6.03 Å². The van der Waals surface area contributed by atoms with Crippen LogP contribution in [0.25, 0.3) is 10.8 Å². The quantitative estimate of drug-likeness (QED) is 0.383. The van der Waals surface area contributed by atoms with Crippen LogP contribution in [0.15, 0.2) is 107 Å². The lowest BCUT2D eigenvalue weighted by atomic mass is 9.86. The van der Waals surface area contributed by atoms with Crippen molar-refractivity contribution in [1.82, 2.24) is 9.73 Å². The zero-order valence-electron chi connectivity index (χ0n) is 18.6. The Labute approximate surface area is 208 Å². The number of rotatable bonds is 4. The largest absolute Gasteiger partial charge is 0.351 e. The normalized spacial score (nSPS) is 16.1. The summed E-state index contributed by atoms with van der Waals surface area (Å²) in [5.74, 6) is -0.0430. The molecule has 4 aromatic carbocycles. The summed E-state index contributed by atoms with van der Waals surface area (Å²) in [7, 11) is -4.08. The molecule has 176 valence electrons. The van der Waals surface area contributed by atoms with Gasteiger partial charge in [0.25, 0.3) is 10.0 Å². The van der Waals surface area contributed by atoms with E-state index in [1.807, 2.05) is 66.7 Å². The first-order valence-corrected chi connectivity index (χ1v) is 13.0. The van der Waals surface area contributed by atoms with Crippen molar-refractivity contribution in [1.29, 1.82) is 0 Å². The molecule has 0 aliphatic carbocycles. The molecule has 0 fully saturated rings. The summed E-state index contributed by atoms with van der Waals surface area (Å²) >= 11 is 6.07. The van der Waals surface area contributed by atoms with E-state index in [1.165, 1.54) is 11.1 Å². The second-order valence-corrected chi connectivity index (χ2v) is 10.4. The molecule has 1 N–H and O–H groups in total. The predicted molar refractivity (Wildman–Crippen MR) is 138 cm³/mol. The number of carbonyl (C=O) groups excluding carboxylic acids is 1. The van der Waals surface area contributed by atoms with E-state index in [9.17, 15) is 13.2 Å². The molecule has 1 unspecified atom stereocenters. The number of halogens is 1. The van der Waals surface area contributed by atoms with Crippen LogP contribution in [0.5, 0.6) is 0 Å². The van der Waals surface area contributed by atoms with Gasteiger partial charge in [0, 0.05) is 17.5 Å². The van der Waals surface area contributed by atoms with Crippen molar-refractivity contribution >= 4 is 44.1 Å². The summed E-state index contributed by atoms with van der Waals surface area (Å²) in [6.45, 7) is 0.274. The monoisotopic (exact) mass is 503 g/mol. The number of carbonyl (C=O) groups is 1. The number of fused-ring (bicyclic) bond motifs is 1. The smallest absolute Gasteiger partial charge is 0.246 e. The molecule has 5 rings (SSSR count). The Morgan fingerprint density at radius 3 is 2.31 bits per heavy atom. The Morgan fingerprint density at radius 1 is 0.886 bits per heavy atom. The maximum Gasteiger partial charge on any atom is 0.351 e. The van der Waals surface area contributed by atoms with Crippen molar-refractivity contribution in [2.45, 2.75) is 17.2 Å². The topological polar surface area (TPSA) is 78.8 Å². The molecule has 0 bridgehead atoms. The molecule has 1 aliphatic heterocycles. The molecule has 1 atom stereocenters. The highest BCUT2D eigenvalue weighted by Crippen LogP contribution is 2.30. The fourth-order valence-electron chi connectivity index (χ4n) is 4.24. The van der Waals surface area contributed by atoms with Crippen LogP contribution in [0.1, 0.15) is 23.5 Å². The molecule has 0 saturated heterocycles. The molecule has 6 nitrogen and oxygen atoms in total. The lowest BCUT2D eigenvalue weighted by molar-refractivity contribution is 0.202. The van der Waals surface area contributed by atoms with Crippen molar-refractivity contribution in [2.75, 3.05) is 6.54 Å². The predicted octanol–water partition coefficient (Wildman–Crippen LogP) is 5.79. The van der Waals surface area contributed by atoms with Crippen molar-refractivity contribution in [3.05, 3.63) is 113 Å². The minimum Gasteiger partial charge on any atom is -0.246 e. The maximum absolute atomic E-state index is 13.0. The molecule has 0 radical (unpaired) electrons. The SMILES string of the molecule is O=C(NS(=O)(=O)c1ccc2ccccc2c1)N1CCC(c2ccccc2)C(c2ccc(Cl)cc2)=N1. The van der Waals surface area contributed by atoms with E-state index in [0.29, 0.717) is 17.2 Å². The van der Waals surface area contributed by atoms with Crippen molar-refractivity contribution in [3.63, 3.8) is 0 Å². The highest BCUT2D eigenvalue weighted by Gasteiger charge is 2.30. The van der Waals surface area contributed by atoms with Crippen LogP contribution < -0.4 is 4.72 Å². The molecular formula is C27H22ClN3O3S. The first-order chi connectivity index (χ1) is 16.9. The van der Waals surface area contributed by atoms with Gasteiger partial charge in [0.2, 0.25) is 0 Å². The van der Waals surface area contributed by atoms with Crippen molar-refractivity contribution in [2.24, 2.45) is 5.10 Å². The number of amides is 2. The summed E-state index contributed by atoms with van der Waals surface area (Å²) in [5.41, 5.74) is 2.57. The summed E-state index contributed by atoms with van der Waals surface area (Å²) < 4.78 is 28.1. The van der Waals surface area contributed by atoms with Crippen molar-refractivity contribution < 1.29 is 13.2 Å². The molecule has 8 heteroatoms. The van der Waals surface area contributed by atoms with Gasteiger partial charge in [-0.15, -0.1) is 0 Å². The molecule has 0 aromatic heterocycles. The van der Waals surface area contributed by atoms with E-state index >= 15 is 0 Å². The number of nitrogens with one attached hydrogen (secondary N) is 1. The van der Waals surface area contributed by atoms with Crippen LogP contribution in [-0.2, 0) is 10.0 Å². The molecule has 2 amide bonds. The van der Waals surface area contributed by atoms with Gasteiger partial charge in [-0.1, -0.05) is 84.4 Å². The Morgan fingerprint density at radius 2 is 1.57 bits per heavy atom. The molecular weight excluding hydrogens is 482 g/mol. The highest BCUT2D eigenvalue weighted by atomic mass is 35.5. The number of hydrogen-bond donors (Lipinski definition) is 1. The summed E-state index contributed by atoms with van der Waals surface area (Å²) in [6, 6.07) is 28.6. The van der Waals surface area contributed by atoms with Crippen LogP contribution in [0.4, 0.5) is 4.79 Å². The van der Waals surface area contributed by atoms with Gasteiger partial charge in [-0.25, -0.2) is 22.9 Å². The van der Waals surface area contributed by atoms with E-state index in [2.05, 4.69) is 9.82 Å². The van der Waals surface area contributed by atoms with Crippen LogP contribution in [0.3, 0.4) is 0 Å². The van der Waals surface area contributed by atoms with Crippen LogP contribution >= 0.6 is 11.6 Å². The van der Waals surface area contributed by atoms with Gasteiger partial charge < -0.3 is 0 Å². The summed E-state index contributed by atoms with van der Waals surface area (Å²) in [4.78, 5) is 13.1. The third kappa shape index (κ3) is 4.92. The number of hydrazone groups is 1. The lowest BCUT2D eigenvalue weighted by Crippen LogP contribution is -2.43. The molecule has 0 spiro atoms. The molecule has 0 saturated carbocycles. The number of nitrogens with zero attached hydrogens (tertiary/aromatic N) is 2. The Bertz CT molecular complexity index is 1520. The number of urea groups is 1. The average Bonchev–Trinajstić information content (AvgIpc) is 2.89. The third-order valence-corrected chi connectivity index (χ3v) is 7.59. The zero-order valence-corrected chi connectivity index (χ0v) is 20.2. The first-order valence-electron chi connectivity index (χ1n) is 11.1. The second-order valence-electron chi connectivity index (χ2n) is 8.29. The fourth-order valence-corrected chi connectivity index (χ4v) is 5.34. The van der Waals surface area contributed by atoms with Gasteiger partial charge in [-0.05, 0) is 52.6 Å². The summed E-state index contributed by atoms with van der Waals surface area (Å²) in [6.07, 6.45) is 0.592. The van der Waals surface area contributed by atoms with E-state index in [4.69, 9.17) is 11.6 Å². The minimum absolute atomic E-state index is 0.0191. The van der Waals surface area contributed by atoms with Gasteiger partial charge in [-0.2, -0.15) is 5.10 Å². The van der Waals surface area contributed by atoms with E-state index in [0.717, 1.165) is 21.9 Å². The van der Waals surface area contributed by atoms with E-state index in [1.54, 1.807) is 24.3 Å². The van der Waals surface area contributed by atoms with Gasteiger partial charge in [0.1, 0.15) is 0 Å². The third-order valence-electron chi connectivity index (χ3n) is 6.02. The van der Waals surface area contributed by atoms with Gasteiger partial charge in [-0.3, -0.25) is 0 Å². The van der Waals surface area contributed by atoms with Crippen LogP contribution in [0, 0.1) is 0 Å². The van der Waals surface area contributed by atoms with E-state index in [-0.39, 0.29) is 17.4 Å². The molecule has 1 aliphatic rings. The second kappa shape index (κ2) is 9.52. The molecule has 4 aromatic rings. The van der Waals surface area contributed by atoms with E-state index < -0.39 is 16.1 Å². The maximum atomic E-state index is 13.0. The summed E-state index contributed by atoms with van der Waals surface area (Å²) in [5, 5.41) is 8.06. The standard InChI is InChI=1S/C27H22ClN3O3S/c28-23-13-10-21(11-14-23)26-25(20-7-2-1-3-8-20)16-17-31(29-26)27(32)30-35(33,34)24-15-12-19-6-4-5-9-22(19)18-24/h1-15,18,25H,16-17H2,(H,30,32). The Hall–Kier alpha value is -3.68. The lowest BCUT2D eigenvalue weighted by Gasteiger charge is -2.30. The molecule has 35 heavy (non-hydrogen) atoms. The number of hydrogen-bond acceptors (Lipinski definition) is 4. The van der Waals surface area contributed by atoms with Gasteiger partial charge in [0.05, 0.1) is 10.6 Å². The number of benzene rings is 4.